The van der Waals surface area contributed by atoms with Crippen LogP contribution >= 0.6 is 23.2 Å². The third-order valence-corrected chi connectivity index (χ3v) is 7.00. The topological polar surface area (TPSA) is 84.5 Å². The summed E-state index contributed by atoms with van der Waals surface area (Å²) < 4.78 is 5.95. The molecule has 0 saturated carbocycles. The van der Waals surface area contributed by atoms with Crippen LogP contribution in [0, 0.1) is 0 Å². The van der Waals surface area contributed by atoms with E-state index in [1.165, 1.54) is 17.7 Å². The highest BCUT2D eigenvalue weighted by atomic mass is 35.5. The van der Waals surface area contributed by atoms with Crippen LogP contribution < -0.4 is 15.4 Å². The van der Waals surface area contributed by atoms with Gasteiger partial charge in [0.1, 0.15) is 5.75 Å². The molecule has 1 unspecified atom stereocenters. The number of Topliss-reactive ketones (excluding diaryl/α,β-unsaturated/α-hetero) is 1. The number of anilines is 2. The Morgan fingerprint density at radius 3 is 2.29 bits per heavy atom. The molecule has 3 aromatic rings. The maximum absolute atomic E-state index is 12.9. The minimum absolute atomic E-state index is 0.0610. The smallest absolute Gasteiger partial charge is 0.265 e. The van der Waals surface area contributed by atoms with E-state index in [1.54, 1.807) is 30.3 Å². The van der Waals surface area contributed by atoms with Gasteiger partial charge in [0, 0.05) is 16.3 Å². The van der Waals surface area contributed by atoms with Crippen molar-refractivity contribution >= 4 is 52.2 Å². The minimum Gasteiger partial charge on any atom is -0.481 e. The van der Waals surface area contributed by atoms with E-state index in [2.05, 4.69) is 31.4 Å². The zero-order chi connectivity index (χ0) is 27.9. The molecule has 0 spiro atoms. The summed E-state index contributed by atoms with van der Waals surface area (Å²) in [5.74, 6) is -0.655. The molecule has 0 fully saturated rings. The van der Waals surface area contributed by atoms with E-state index < -0.39 is 24.2 Å². The van der Waals surface area contributed by atoms with Gasteiger partial charge in [-0.25, -0.2) is 0 Å². The van der Waals surface area contributed by atoms with Crippen LogP contribution in [-0.4, -0.2) is 23.7 Å². The van der Waals surface area contributed by atoms with Gasteiger partial charge in [0.05, 0.1) is 17.1 Å². The Balaban J connectivity index is 1.61. The first-order valence-corrected chi connectivity index (χ1v) is 13.2. The van der Waals surface area contributed by atoms with E-state index in [0.29, 0.717) is 39.2 Å². The lowest BCUT2D eigenvalue weighted by Gasteiger charge is -2.24. The second kappa shape index (κ2) is 12.9. The summed E-state index contributed by atoms with van der Waals surface area (Å²) in [6.07, 6.45) is 0.355. The molecule has 200 valence electrons. The fraction of sp³-hybridized carbons (Fsp3) is 0.300. The number of rotatable bonds is 11. The maximum atomic E-state index is 12.9. The predicted octanol–water partition coefficient (Wildman–Crippen LogP) is 7.69. The Bertz CT molecular complexity index is 1310. The molecular formula is C30H32Cl2N2O4. The number of halogens is 2. The third kappa shape index (κ3) is 7.83. The Labute approximate surface area is 233 Å². The molecular weight excluding hydrogens is 523 g/mol. The van der Waals surface area contributed by atoms with Gasteiger partial charge in [0.25, 0.3) is 5.91 Å². The molecule has 6 nitrogen and oxygen atoms in total. The number of ketones is 1. The van der Waals surface area contributed by atoms with E-state index in [9.17, 15) is 14.4 Å². The van der Waals surface area contributed by atoms with Crippen LogP contribution in [0.5, 0.6) is 5.75 Å². The molecule has 0 heterocycles. The number of amides is 2. The molecule has 3 rings (SSSR count). The van der Waals surface area contributed by atoms with Crippen molar-refractivity contribution in [2.24, 2.45) is 0 Å². The molecule has 0 aliphatic heterocycles. The van der Waals surface area contributed by atoms with Crippen molar-refractivity contribution in [3.63, 3.8) is 0 Å². The minimum atomic E-state index is -0.715. The number of carbonyl (C=O) groups excluding carboxylic acids is 3. The number of ether oxygens (including phenoxy) is 1. The van der Waals surface area contributed by atoms with Crippen LogP contribution in [0.2, 0.25) is 10.0 Å². The average molecular weight is 556 g/mol. The largest absolute Gasteiger partial charge is 0.481 e. The standard InChI is InChI=1S/C30H32Cl2N2O4/c1-5-27(38-23-13-10-20(11-14-23)30(3,4)6-2)29(37)33-22-9-7-8-19(16-22)26(35)18-28(36)34-25-17-21(31)12-15-24(25)32/h7-17,27H,5-6,18H2,1-4H3,(H,33,37)(H,34,36). The molecule has 3 aromatic carbocycles. The Hall–Kier alpha value is -3.35. The number of nitrogens with one attached hydrogen (secondary N) is 2. The van der Waals surface area contributed by atoms with Crippen LogP contribution in [0.25, 0.3) is 0 Å². The molecule has 0 radical (unpaired) electrons. The van der Waals surface area contributed by atoms with Gasteiger partial charge in [-0.05, 0) is 66.3 Å². The molecule has 8 heteroatoms. The van der Waals surface area contributed by atoms with Crippen LogP contribution in [0.3, 0.4) is 0 Å². The zero-order valence-electron chi connectivity index (χ0n) is 21.9. The van der Waals surface area contributed by atoms with Gasteiger partial charge in [0.2, 0.25) is 5.91 Å². The number of carbonyl (C=O) groups is 3. The van der Waals surface area contributed by atoms with E-state index in [4.69, 9.17) is 27.9 Å². The highest BCUT2D eigenvalue weighted by molar-refractivity contribution is 6.35. The lowest BCUT2D eigenvalue weighted by Crippen LogP contribution is -2.32. The Morgan fingerprint density at radius 2 is 1.63 bits per heavy atom. The molecule has 0 aliphatic carbocycles. The van der Waals surface area contributed by atoms with Crippen molar-refractivity contribution in [2.45, 2.75) is 58.5 Å². The fourth-order valence-corrected chi connectivity index (χ4v) is 4.04. The van der Waals surface area contributed by atoms with Crippen molar-refractivity contribution in [1.29, 1.82) is 0 Å². The second-order valence-corrected chi connectivity index (χ2v) is 10.5. The highest BCUT2D eigenvalue weighted by Crippen LogP contribution is 2.29. The van der Waals surface area contributed by atoms with Crippen LogP contribution in [0.4, 0.5) is 11.4 Å². The molecule has 0 saturated heterocycles. The van der Waals surface area contributed by atoms with Crippen molar-refractivity contribution in [2.75, 3.05) is 10.6 Å². The summed E-state index contributed by atoms with van der Waals surface area (Å²) >= 11 is 12.0. The van der Waals surface area contributed by atoms with Crippen molar-refractivity contribution in [3.05, 3.63) is 87.9 Å². The number of hydrogen-bond acceptors (Lipinski definition) is 4. The summed E-state index contributed by atoms with van der Waals surface area (Å²) in [7, 11) is 0. The summed E-state index contributed by atoms with van der Waals surface area (Å²) in [4.78, 5) is 38.1. The summed E-state index contributed by atoms with van der Waals surface area (Å²) in [5, 5.41) is 6.13. The first-order valence-electron chi connectivity index (χ1n) is 12.5. The molecule has 0 aromatic heterocycles. The van der Waals surface area contributed by atoms with Gasteiger partial charge in [-0.15, -0.1) is 0 Å². The van der Waals surface area contributed by atoms with E-state index in [-0.39, 0.29) is 11.3 Å². The lowest BCUT2D eigenvalue weighted by atomic mass is 9.82. The van der Waals surface area contributed by atoms with E-state index >= 15 is 0 Å². The monoisotopic (exact) mass is 554 g/mol. The van der Waals surface area contributed by atoms with Gasteiger partial charge in [-0.2, -0.15) is 0 Å². The van der Waals surface area contributed by atoms with Crippen molar-refractivity contribution in [3.8, 4) is 5.75 Å². The van der Waals surface area contributed by atoms with Gasteiger partial charge >= 0.3 is 0 Å². The Kier molecular flexibility index (Phi) is 9.95. The molecule has 2 amide bonds. The van der Waals surface area contributed by atoms with Gasteiger partial charge < -0.3 is 15.4 Å². The van der Waals surface area contributed by atoms with Crippen LogP contribution in [-0.2, 0) is 15.0 Å². The quantitative estimate of drug-likeness (QED) is 0.188. The highest BCUT2D eigenvalue weighted by Gasteiger charge is 2.21. The van der Waals surface area contributed by atoms with Crippen LogP contribution in [0.1, 0.15) is 62.9 Å². The van der Waals surface area contributed by atoms with E-state index in [1.807, 2.05) is 31.2 Å². The normalized spacial score (nSPS) is 11.9. The molecule has 2 N–H and O–H groups in total. The lowest BCUT2D eigenvalue weighted by molar-refractivity contribution is -0.122. The van der Waals surface area contributed by atoms with E-state index in [0.717, 1.165) is 6.42 Å². The number of benzene rings is 3. The fourth-order valence-electron chi connectivity index (χ4n) is 3.70. The second-order valence-electron chi connectivity index (χ2n) is 9.62. The van der Waals surface area contributed by atoms with Crippen LogP contribution in [0.15, 0.2) is 66.7 Å². The molecule has 0 bridgehead atoms. The zero-order valence-corrected chi connectivity index (χ0v) is 23.5. The molecule has 1 atom stereocenters. The Morgan fingerprint density at radius 1 is 0.921 bits per heavy atom. The van der Waals surface area contributed by atoms with Gasteiger partial charge in [-0.1, -0.05) is 75.2 Å². The van der Waals surface area contributed by atoms with Crippen molar-refractivity contribution < 1.29 is 19.1 Å². The third-order valence-electron chi connectivity index (χ3n) is 6.44. The first-order chi connectivity index (χ1) is 18.0. The average Bonchev–Trinajstić information content (AvgIpc) is 2.89. The summed E-state index contributed by atoms with van der Waals surface area (Å²) in [5.41, 5.74) is 2.31. The predicted molar refractivity (Wildman–Crippen MR) is 154 cm³/mol. The van der Waals surface area contributed by atoms with Gasteiger partial charge in [-0.3, -0.25) is 14.4 Å². The van der Waals surface area contributed by atoms with Crippen molar-refractivity contribution in [1.82, 2.24) is 0 Å². The number of hydrogen-bond donors (Lipinski definition) is 2. The summed E-state index contributed by atoms with van der Waals surface area (Å²) in [6.45, 7) is 8.39. The first kappa shape index (κ1) is 29.2. The maximum Gasteiger partial charge on any atom is 0.265 e. The molecule has 0 aliphatic rings. The molecule has 38 heavy (non-hydrogen) atoms. The summed E-state index contributed by atoms with van der Waals surface area (Å²) in [6, 6.07) is 18.9. The van der Waals surface area contributed by atoms with Gasteiger partial charge in [0.15, 0.2) is 11.9 Å². The SMILES string of the molecule is CCC(Oc1ccc(C(C)(C)CC)cc1)C(=O)Nc1cccc(C(=O)CC(=O)Nc2cc(Cl)ccc2Cl)c1.